The van der Waals surface area contributed by atoms with E-state index >= 15 is 0 Å². The van der Waals surface area contributed by atoms with E-state index in [1.807, 2.05) is 6.07 Å². The van der Waals surface area contributed by atoms with Crippen LogP contribution in [0.2, 0.25) is 0 Å². The Hall–Kier alpha value is -1.91. The number of aryl methyl sites for hydroxylation is 1. The maximum Gasteiger partial charge on any atom is 0.160 e. The summed E-state index contributed by atoms with van der Waals surface area (Å²) >= 11 is 1.51. The lowest BCUT2D eigenvalue weighted by Crippen LogP contribution is -2.27. The highest BCUT2D eigenvalue weighted by atomic mass is 32.1. The third-order valence-corrected chi connectivity index (χ3v) is 5.32. The van der Waals surface area contributed by atoms with E-state index in [0.717, 1.165) is 36.4 Å². The molecular formula is C18H18N2OS. The van der Waals surface area contributed by atoms with Gasteiger partial charge in [0.1, 0.15) is 0 Å². The fraction of sp³-hybridized carbons (Fsp3) is 0.278. The predicted molar refractivity (Wildman–Crippen MR) is 91.3 cm³/mol. The molecule has 3 heterocycles. The number of thiophene rings is 1. The number of aromatic nitrogens is 1. The van der Waals surface area contributed by atoms with Gasteiger partial charge in [0.25, 0.3) is 0 Å². The van der Waals surface area contributed by atoms with Gasteiger partial charge in [0.2, 0.25) is 0 Å². The van der Waals surface area contributed by atoms with E-state index < -0.39 is 0 Å². The van der Waals surface area contributed by atoms with Crippen LogP contribution < -0.4 is 0 Å². The average Bonchev–Trinajstić information content (AvgIpc) is 3.09. The quantitative estimate of drug-likeness (QED) is 0.673. The van der Waals surface area contributed by atoms with Crippen molar-refractivity contribution in [2.75, 3.05) is 13.6 Å². The molecule has 0 saturated carbocycles. The Morgan fingerprint density at radius 1 is 1.27 bits per heavy atom. The minimum atomic E-state index is 0.783. The van der Waals surface area contributed by atoms with Crippen molar-refractivity contribution >= 4 is 28.5 Å². The van der Waals surface area contributed by atoms with Gasteiger partial charge in [-0.25, -0.2) is 0 Å². The summed E-state index contributed by atoms with van der Waals surface area (Å²) in [4.78, 5) is 14.2. The number of likely N-dealkylation sites (N-methyl/N-ethyl adjacent to an activating group) is 1. The van der Waals surface area contributed by atoms with E-state index in [1.54, 1.807) is 0 Å². The van der Waals surface area contributed by atoms with Crippen LogP contribution in [0.4, 0.5) is 0 Å². The van der Waals surface area contributed by atoms with Gasteiger partial charge in [-0.2, -0.15) is 0 Å². The first-order valence-electron chi connectivity index (χ1n) is 7.53. The number of fused-ring (bicyclic) bond motifs is 3. The van der Waals surface area contributed by atoms with Crippen LogP contribution in [-0.4, -0.2) is 29.3 Å². The van der Waals surface area contributed by atoms with Gasteiger partial charge in [0.05, 0.1) is 16.1 Å². The number of hydrogen-bond donors (Lipinski definition) is 0. The predicted octanol–water partition coefficient (Wildman–Crippen LogP) is 3.80. The van der Waals surface area contributed by atoms with Crippen molar-refractivity contribution in [2.24, 2.45) is 0 Å². The standard InChI is InChI=1S/C18H18N2OS/c1-12-3-4-17-15(7-12)16-9-19(2)6-5-18(16)20(17)13-8-14(10-21)22-11-13/h3-4,7-8,10-11H,5-6,9H2,1-2H3. The number of benzene rings is 1. The van der Waals surface area contributed by atoms with Gasteiger partial charge in [-0.05, 0) is 37.7 Å². The molecule has 2 aromatic heterocycles. The van der Waals surface area contributed by atoms with Gasteiger partial charge in [-0.3, -0.25) is 4.79 Å². The molecule has 1 aromatic carbocycles. The zero-order valence-corrected chi connectivity index (χ0v) is 13.6. The lowest BCUT2D eigenvalue weighted by molar-refractivity contribution is 0.112. The second-order valence-electron chi connectivity index (χ2n) is 6.09. The average molecular weight is 310 g/mol. The van der Waals surface area contributed by atoms with Crippen molar-refractivity contribution in [3.63, 3.8) is 0 Å². The first-order valence-corrected chi connectivity index (χ1v) is 8.41. The van der Waals surface area contributed by atoms with E-state index in [9.17, 15) is 4.79 Å². The molecule has 0 N–H and O–H groups in total. The molecule has 3 nitrogen and oxygen atoms in total. The van der Waals surface area contributed by atoms with Crippen LogP contribution in [0.15, 0.2) is 29.6 Å². The van der Waals surface area contributed by atoms with Crippen LogP contribution >= 0.6 is 11.3 Å². The molecule has 0 unspecified atom stereocenters. The normalized spacial score (nSPS) is 15.2. The van der Waals surface area contributed by atoms with E-state index in [0.29, 0.717) is 0 Å². The van der Waals surface area contributed by atoms with Crippen molar-refractivity contribution in [3.05, 3.63) is 51.3 Å². The van der Waals surface area contributed by atoms with Gasteiger partial charge < -0.3 is 9.47 Å². The zero-order chi connectivity index (χ0) is 15.3. The summed E-state index contributed by atoms with van der Waals surface area (Å²) in [5, 5.41) is 3.43. The van der Waals surface area contributed by atoms with Gasteiger partial charge in [-0.15, -0.1) is 11.3 Å². The van der Waals surface area contributed by atoms with Crippen LogP contribution in [0, 0.1) is 6.92 Å². The van der Waals surface area contributed by atoms with E-state index in [1.165, 1.54) is 39.1 Å². The van der Waals surface area contributed by atoms with E-state index in [2.05, 4.69) is 47.0 Å². The summed E-state index contributed by atoms with van der Waals surface area (Å²) in [7, 11) is 2.18. The van der Waals surface area contributed by atoms with Crippen molar-refractivity contribution in [1.29, 1.82) is 0 Å². The maximum atomic E-state index is 11.0. The lowest BCUT2D eigenvalue weighted by Gasteiger charge is -2.24. The zero-order valence-electron chi connectivity index (χ0n) is 12.8. The third kappa shape index (κ3) is 2.02. The summed E-state index contributed by atoms with van der Waals surface area (Å²) in [5.41, 5.74) is 6.49. The first-order chi connectivity index (χ1) is 10.7. The van der Waals surface area contributed by atoms with E-state index in [4.69, 9.17) is 0 Å². The Bertz CT molecular complexity index is 875. The summed E-state index contributed by atoms with van der Waals surface area (Å²) in [5.74, 6) is 0. The molecule has 4 rings (SSSR count). The maximum absolute atomic E-state index is 11.0. The second-order valence-corrected chi connectivity index (χ2v) is 7.04. The van der Waals surface area contributed by atoms with Crippen molar-refractivity contribution in [3.8, 4) is 5.69 Å². The number of nitrogens with zero attached hydrogens (tertiary/aromatic N) is 2. The van der Waals surface area contributed by atoms with Gasteiger partial charge in [-0.1, -0.05) is 11.6 Å². The molecule has 3 aromatic rings. The molecule has 1 aliphatic heterocycles. The number of rotatable bonds is 2. The molecule has 0 saturated heterocycles. The second kappa shape index (κ2) is 5.07. The summed E-state index contributed by atoms with van der Waals surface area (Å²) in [6.07, 6.45) is 1.98. The molecule has 1 aliphatic rings. The minimum Gasteiger partial charge on any atom is -0.312 e. The van der Waals surface area contributed by atoms with Crippen LogP contribution in [0.1, 0.15) is 26.5 Å². The number of hydrogen-bond acceptors (Lipinski definition) is 3. The lowest BCUT2D eigenvalue weighted by atomic mass is 10.0. The highest BCUT2D eigenvalue weighted by Gasteiger charge is 2.23. The Labute approximate surface area is 133 Å². The summed E-state index contributed by atoms with van der Waals surface area (Å²) in [6.45, 7) is 4.21. The van der Waals surface area contributed by atoms with Gasteiger partial charge in [0, 0.05) is 36.0 Å². The van der Waals surface area contributed by atoms with Crippen molar-refractivity contribution < 1.29 is 4.79 Å². The molecule has 0 aliphatic carbocycles. The molecule has 0 radical (unpaired) electrons. The smallest absolute Gasteiger partial charge is 0.160 e. The minimum absolute atomic E-state index is 0.783. The molecule has 0 atom stereocenters. The monoisotopic (exact) mass is 310 g/mol. The van der Waals surface area contributed by atoms with Crippen LogP contribution in [0.3, 0.4) is 0 Å². The topological polar surface area (TPSA) is 25.2 Å². The highest BCUT2D eigenvalue weighted by molar-refractivity contribution is 7.12. The highest BCUT2D eigenvalue weighted by Crippen LogP contribution is 2.34. The molecular weight excluding hydrogens is 292 g/mol. The summed E-state index contributed by atoms with van der Waals surface area (Å²) in [6, 6.07) is 8.66. The van der Waals surface area contributed by atoms with Gasteiger partial charge >= 0.3 is 0 Å². The van der Waals surface area contributed by atoms with Crippen LogP contribution in [-0.2, 0) is 13.0 Å². The Balaban J connectivity index is 2.03. The summed E-state index contributed by atoms with van der Waals surface area (Å²) < 4.78 is 2.35. The van der Waals surface area contributed by atoms with Crippen LogP contribution in [0.5, 0.6) is 0 Å². The molecule has 4 heteroatoms. The van der Waals surface area contributed by atoms with Gasteiger partial charge in [0.15, 0.2) is 6.29 Å². The Morgan fingerprint density at radius 2 is 2.14 bits per heavy atom. The largest absolute Gasteiger partial charge is 0.312 e. The molecule has 22 heavy (non-hydrogen) atoms. The number of carbonyl (C=O) groups excluding carboxylic acids is 1. The molecule has 112 valence electrons. The number of aldehydes is 1. The Morgan fingerprint density at radius 3 is 2.91 bits per heavy atom. The molecule has 0 fully saturated rings. The number of carbonyl (C=O) groups is 1. The van der Waals surface area contributed by atoms with Crippen molar-refractivity contribution in [1.82, 2.24) is 9.47 Å². The van der Waals surface area contributed by atoms with E-state index in [-0.39, 0.29) is 0 Å². The Kier molecular flexibility index (Phi) is 3.17. The fourth-order valence-electron chi connectivity index (χ4n) is 3.42. The SMILES string of the molecule is Cc1ccc2c(c1)c1c(n2-c2csc(C=O)c2)CCN(C)C1. The fourth-order valence-corrected chi connectivity index (χ4v) is 4.10. The first kappa shape index (κ1) is 13.7. The van der Waals surface area contributed by atoms with Crippen LogP contribution in [0.25, 0.3) is 16.6 Å². The molecule has 0 bridgehead atoms. The third-order valence-electron chi connectivity index (χ3n) is 4.47. The molecule has 0 amide bonds. The molecule has 0 spiro atoms. The van der Waals surface area contributed by atoms with Crippen molar-refractivity contribution in [2.45, 2.75) is 19.9 Å².